The van der Waals surface area contributed by atoms with Crippen molar-refractivity contribution in [2.75, 3.05) is 6.54 Å². The summed E-state index contributed by atoms with van der Waals surface area (Å²) in [5, 5.41) is 3.88. The van der Waals surface area contributed by atoms with Gasteiger partial charge < -0.3 is 10.3 Å². The number of nitrogens with two attached hydrogens (primary N) is 1. The Morgan fingerprint density at radius 2 is 2.25 bits per heavy atom. The molecule has 0 saturated heterocycles. The molecular formula is C8H15ClN2O. The third-order valence-electron chi connectivity index (χ3n) is 1.90. The summed E-state index contributed by atoms with van der Waals surface area (Å²) in [6, 6.07) is 1.88. The van der Waals surface area contributed by atoms with Crippen LogP contribution >= 0.6 is 12.4 Å². The monoisotopic (exact) mass is 190 g/mol. The lowest BCUT2D eigenvalue weighted by Gasteiger charge is -2.19. The van der Waals surface area contributed by atoms with Crippen molar-refractivity contribution >= 4 is 12.4 Å². The Labute approximate surface area is 78.7 Å². The van der Waals surface area contributed by atoms with Crippen molar-refractivity contribution in [1.29, 1.82) is 0 Å². The zero-order chi connectivity index (χ0) is 8.32. The van der Waals surface area contributed by atoms with E-state index in [2.05, 4.69) is 19.0 Å². The van der Waals surface area contributed by atoms with Gasteiger partial charge >= 0.3 is 0 Å². The summed E-state index contributed by atoms with van der Waals surface area (Å²) in [7, 11) is 0. The summed E-state index contributed by atoms with van der Waals surface area (Å²) in [5.74, 6) is 0. The maximum atomic E-state index is 5.46. The lowest BCUT2D eigenvalue weighted by atomic mass is 9.86. The van der Waals surface area contributed by atoms with Crippen molar-refractivity contribution in [3.8, 4) is 0 Å². The zero-order valence-electron chi connectivity index (χ0n) is 7.41. The summed E-state index contributed by atoms with van der Waals surface area (Å²) in [6.45, 7) is 4.90. The van der Waals surface area contributed by atoms with Gasteiger partial charge in [-0.2, -0.15) is 0 Å². The summed E-state index contributed by atoms with van der Waals surface area (Å²) in [6.07, 6.45) is 2.52. The van der Waals surface area contributed by atoms with Crippen LogP contribution in [0.5, 0.6) is 0 Å². The molecule has 0 fully saturated rings. The Morgan fingerprint density at radius 3 is 2.67 bits per heavy atom. The molecule has 1 aromatic heterocycles. The quantitative estimate of drug-likeness (QED) is 0.790. The van der Waals surface area contributed by atoms with Gasteiger partial charge in [-0.05, 0) is 13.0 Å². The molecule has 4 heteroatoms. The molecule has 0 unspecified atom stereocenters. The second-order valence-electron chi connectivity index (χ2n) is 3.31. The van der Waals surface area contributed by atoms with Crippen LogP contribution in [0.3, 0.4) is 0 Å². The van der Waals surface area contributed by atoms with Crippen LogP contribution in [0, 0.1) is 0 Å². The van der Waals surface area contributed by atoms with Gasteiger partial charge in [-0.3, -0.25) is 0 Å². The third kappa shape index (κ3) is 2.50. The van der Waals surface area contributed by atoms with Gasteiger partial charge in [-0.15, -0.1) is 12.4 Å². The molecule has 2 N–H and O–H groups in total. The molecular weight excluding hydrogens is 176 g/mol. The predicted octanol–water partition coefficient (Wildman–Crippen LogP) is 1.72. The van der Waals surface area contributed by atoms with Crippen LogP contribution < -0.4 is 5.73 Å². The minimum absolute atomic E-state index is 0. The van der Waals surface area contributed by atoms with Crippen LogP contribution in [-0.2, 0) is 5.41 Å². The molecule has 0 atom stereocenters. The molecule has 0 aliphatic heterocycles. The normalized spacial score (nSPS) is 10.9. The fourth-order valence-electron chi connectivity index (χ4n) is 1.05. The number of nitrogens with zero attached hydrogens (tertiary/aromatic N) is 1. The van der Waals surface area contributed by atoms with E-state index in [1.165, 1.54) is 0 Å². The largest absolute Gasteiger partial charge is 0.364 e. The zero-order valence-corrected chi connectivity index (χ0v) is 8.23. The van der Waals surface area contributed by atoms with Crippen LogP contribution in [0.1, 0.15) is 26.0 Å². The topological polar surface area (TPSA) is 52.0 Å². The van der Waals surface area contributed by atoms with Crippen LogP contribution in [0.25, 0.3) is 0 Å². The fourth-order valence-corrected chi connectivity index (χ4v) is 1.05. The molecule has 0 aromatic carbocycles. The molecule has 0 saturated carbocycles. The molecule has 70 valence electrons. The molecule has 0 amide bonds. The molecule has 3 nitrogen and oxygen atoms in total. The Kier molecular flexibility index (Phi) is 4.28. The van der Waals surface area contributed by atoms with Gasteiger partial charge in [0.05, 0.1) is 5.69 Å². The summed E-state index contributed by atoms with van der Waals surface area (Å²) < 4.78 is 4.76. The lowest BCUT2D eigenvalue weighted by Crippen LogP contribution is -2.21. The van der Waals surface area contributed by atoms with Crippen LogP contribution in [0.4, 0.5) is 0 Å². The van der Waals surface area contributed by atoms with Gasteiger partial charge in [0.15, 0.2) is 0 Å². The van der Waals surface area contributed by atoms with Gasteiger partial charge in [0.2, 0.25) is 0 Å². The van der Waals surface area contributed by atoms with Crippen LogP contribution in [-0.4, -0.2) is 11.7 Å². The van der Waals surface area contributed by atoms with Gasteiger partial charge in [0, 0.05) is 11.5 Å². The molecule has 0 spiro atoms. The lowest BCUT2D eigenvalue weighted by molar-refractivity contribution is 0.377. The maximum absolute atomic E-state index is 5.46. The van der Waals surface area contributed by atoms with Gasteiger partial charge in [0.1, 0.15) is 6.26 Å². The molecule has 12 heavy (non-hydrogen) atoms. The number of aromatic nitrogens is 1. The van der Waals surface area contributed by atoms with Gasteiger partial charge in [0.25, 0.3) is 0 Å². The number of halogens is 1. The predicted molar refractivity (Wildman–Crippen MR) is 50.4 cm³/mol. The van der Waals surface area contributed by atoms with Gasteiger partial charge in [-0.25, -0.2) is 0 Å². The minimum Gasteiger partial charge on any atom is -0.364 e. The van der Waals surface area contributed by atoms with E-state index in [1.54, 1.807) is 6.26 Å². The van der Waals surface area contributed by atoms with E-state index in [9.17, 15) is 0 Å². The molecule has 0 radical (unpaired) electrons. The first-order valence-corrected chi connectivity index (χ1v) is 3.78. The van der Waals surface area contributed by atoms with Crippen molar-refractivity contribution in [1.82, 2.24) is 5.16 Å². The van der Waals surface area contributed by atoms with Crippen molar-refractivity contribution in [3.05, 3.63) is 18.0 Å². The second kappa shape index (κ2) is 4.48. The number of rotatable bonds is 3. The summed E-state index contributed by atoms with van der Waals surface area (Å²) in [5.41, 5.74) is 6.48. The van der Waals surface area contributed by atoms with E-state index in [0.29, 0.717) is 6.54 Å². The number of hydrogen-bond donors (Lipinski definition) is 1. The summed E-state index contributed by atoms with van der Waals surface area (Å²) in [4.78, 5) is 0. The van der Waals surface area contributed by atoms with Crippen molar-refractivity contribution < 1.29 is 4.52 Å². The van der Waals surface area contributed by atoms with Crippen molar-refractivity contribution in [2.45, 2.75) is 25.7 Å². The molecule has 1 aromatic rings. The van der Waals surface area contributed by atoms with E-state index in [0.717, 1.165) is 12.1 Å². The smallest absolute Gasteiger partial charge is 0.124 e. The highest BCUT2D eigenvalue weighted by atomic mass is 35.5. The Morgan fingerprint density at radius 1 is 1.58 bits per heavy atom. The third-order valence-corrected chi connectivity index (χ3v) is 1.90. The average Bonchev–Trinajstić information content (AvgIpc) is 2.37. The average molecular weight is 191 g/mol. The Bertz CT molecular complexity index is 209. The Balaban J connectivity index is 0.00000121. The van der Waals surface area contributed by atoms with Gasteiger partial charge in [-0.1, -0.05) is 19.0 Å². The first-order valence-electron chi connectivity index (χ1n) is 3.78. The first kappa shape index (κ1) is 11.5. The Hall–Kier alpha value is -0.540. The van der Waals surface area contributed by atoms with E-state index in [4.69, 9.17) is 10.3 Å². The molecule has 0 aliphatic rings. The summed E-state index contributed by atoms with van der Waals surface area (Å²) >= 11 is 0. The van der Waals surface area contributed by atoms with E-state index in [-0.39, 0.29) is 17.8 Å². The SMILES string of the molecule is CC(C)(CCN)c1ccon1.Cl. The fraction of sp³-hybridized carbons (Fsp3) is 0.625. The molecule has 1 heterocycles. The highest BCUT2D eigenvalue weighted by Crippen LogP contribution is 2.24. The van der Waals surface area contributed by atoms with E-state index >= 15 is 0 Å². The van der Waals surface area contributed by atoms with E-state index < -0.39 is 0 Å². The second-order valence-corrected chi connectivity index (χ2v) is 3.31. The highest BCUT2D eigenvalue weighted by molar-refractivity contribution is 5.85. The molecule has 1 rings (SSSR count). The standard InChI is InChI=1S/C8H14N2O.ClH/c1-8(2,4-5-9)7-3-6-11-10-7;/h3,6H,4-5,9H2,1-2H3;1H. The molecule has 0 bridgehead atoms. The maximum Gasteiger partial charge on any atom is 0.124 e. The minimum atomic E-state index is 0. The van der Waals surface area contributed by atoms with E-state index in [1.807, 2.05) is 6.07 Å². The molecule has 0 aliphatic carbocycles. The number of hydrogen-bond acceptors (Lipinski definition) is 3. The highest BCUT2D eigenvalue weighted by Gasteiger charge is 2.21. The first-order chi connectivity index (χ1) is 5.17. The van der Waals surface area contributed by atoms with Crippen LogP contribution in [0.2, 0.25) is 0 Å². The van der Waals surface area contributed by atoms with Crippen molar-refractivity contribution in [3.63, 3.8) is 0 Å². The van der Waals surface area contributed by atoms with Crippen molar-refractivity contribution in [2.24, 2.45) is 5.73 Å². The van der Waals surface area contributed by atoms with Crippen LogP contribution in [0.15, 0.2) is 16.9 Å².